The number of carbonyl (C=O) groups excluding carboxylic acids is 2. The molecule has 1 aliphatic rings. The molecule has 1 aliphatic heterocycles. The first-order valence-corrected chi connectivity index (χ1v) is 9.09. The Morgan fingerprint density at radius 1 is 1.00 bits per heavy atom. The molecule has 2 aromatic rings. The van der Waals surface area contributed by atoms with Crippen molar-refractivity contribution in [2.75, 3.05) is 12.0 Å². The second-order valence-corrected chi connectivity index (χ2v) is 7.37. The Kier molecular flexibility index (Phi) is 5.59. The van der Waals surface area contributed by atoms with Crippen molar-refractivity contribution in [2.45, 2.75) is 0 Å². The van der Waals surface area contributed by atoms with E-state index in [0.717, 1.165) is 22.2 Å². The number of thioether (sulfide) groups is 1. The van der Waals surface area contributed by atoms with E-state index in [-0.39, 0.29) is 17.8 Å². The zero-order valence-electron chi connectivity index (χ0n) is 12.6. The highest BCUT2D eigenvalue weighted by atomic mass is 35.5. The van der Waals surface area contributed by atoms with Gasteiger partial charge in [-0.25, -0.2) is 0 Å². The normalized spacial score (nSPS) is 16.0. The van der Waals surface area contributed by atoms with Gasteiger partial charge >= 0.3 is 0 Å². The number of rotatable bonds is 4. The molecule has 1 N–H and O–H groups in total. The van der Waals surface area contributed by atoms with Crippen molar-refractivity contribution in [1.82, 2.24) is 4.90 Å². The fraction of sp³-hybridized carbons (Fsp3) is 0.0588. The summed E-state index contributed by atoms with van der Waals surface area (Å²) in [5.41, 5.74) is 1.46. The molecule has 1 saturated heterocycles. The number of halogens is 3. The predicted octanol–water partition coefficient (Wildman–Crippen LogP) is 5.75. The fourth-order valence-corrected chi connectivity index (χ4v) is 3.39. The molecule has 0 bridgehead atoms. The van der Waals surface area contributed by atoms with Crippen LogP contribution in [0.2, 0.25) is 15.1 Å². The maximum Gasteiger partial charge on any atom is 0.295 e. The van der Waals surface area contributed by atoms with Crippen LogP contribution in [0.5, 0.6) is 0 Å². The lowest BCUT2D eigenvalue weighted by molar-refractivity contribution is -0.122. The standard InChI is InChI=1S/C17H11Cl3N2O2S/c18-11-3-1-10(2-4-11)7-15-16(23)22(17(24)25-15)9-21-12-5-6-13(19)14(20)8-12/h1-8,21H,9H2/b15-7+. The Balaban J connectivity index is 1.70. The van der Waals surface area contributed by atoms with Gasteiger partial charge in [0.1, 0.15) is 0 Å². The van der Waals surface area contributed by atoms with Gasteiger partial charge in [0, 0.05) is 10.7 Å². The lowest BCUT2D eigenvalue weighted by atomic mass is 10.2. The Bertz CT molecular complexity index is 869. The molecule has 0 aromatic heterocycles. The summed E-state index contributed by atoms with van der Waals surface area (Å²) in [5, 5.41) is 4.09. The van der Waals surface area contributed by atoms with E-state index in [2.05, 4.69) is 5.32 Å². The molecule has 4 nitrogen and oxygen atoms in total. The minimum absolute atomic E-state index is 0.0422. The van der Waals surface area contributed by atoms with Crippen molar-refractivity contribution in [3.05, 3.63) is 68.0 Å². The molecule has 2 aromatic carbocycles. The summed E-state index contributed by atoms with van der Waals surface area (Å²) in [7, 11) is 0. The minimum atomic E-state index is -0.350. The molecule has 0 aliphatic carbocycles. The molecule has 2 amide bonds. The van der Waals surface area contributed by atoms with E-state index in [4.69, 9.17) is 34.8 Å². The highest BCUT2D eigenvalue weighted by Crippen LogP contribution is 2.32. The number of nitrogens with one attached hydrogen (secondary N) is 1. The van der Waals surface area contributed by atoms with E-state index in [0.29, 0.717) is 25.7 Å². The van der Waals surface area contributed by atoms with Crippen LogP contribution < -0.4 is 5.32 Å². The van der Waals surface area contributed by atoms with Crippen molar-refractivity contribution >= 4 is 69.5 Å². The number of hydrogen-bond donors (Lipinski definition) is 1. The van der Waals surface area contributed by atoms with Gasteiger partial charge < -0.3 is 5.32 Å². The first kappa shape index (κ1) is 18.1. The lowest BCUT2D eigenvalue weighted by Crippen LogP contribution is -2.33. The van der Waals surface area contributed by atoms with Gasteiger partial charge in [-0.15, -0.1) is 0 Å². The van der Waals surface area contributed by atoms with Gasteiger partial charge in [0.25, 0.3) is 11.1 Å². The van der Waals surface area contributed by atoms with Gasteiger partial charge in [-0.2, -0.15) is 0 Å². The Morgan fingerprint density at radius 3 is 2.40 bits per heavy atom. The summed E-state index contributed by atoms with van der Waals surface area (Å²) in [6.45, 7) is 0.0422. The predicted molar refractivity (Wildman–Crippen MR) is 104 cm³/mol. The Morgan fingerprint density at radius 2 is 1.72 bits per heavy atom. The van der Waals surface area contributed by atoms with E-state index in [1.54, 1.807) is 48.5 Å². The van der Waals surface area contributed by atoms with E-state index < -0.39 is 0 Å². The summed E-state index contributed by atoms with van der Waals surface area (Å²) in [6, 6.07) is 12.0. The van der Waals surface area contributed by atoms with Gasteiger partial charge in [-0.3, -0.25) is 14.5 Å². The highest BCUT2D eigenvalue weighted by molar-refractivity contribution is 8.18. The average Bonchev–Trinajstić information content (AvgIpc) is 2.84. The fourth-order valence-electron chi connectivity index (χ4n) is 2.12. The van der Waals surface area contributed by atoms with Crippen molar-refractivity contribution in [2.24, 2.45) is 0 Å². The van der Waals surface area contributed by atoms with Crippen LogP contribution in [0.3, 0.4) is 0 Å². The van der Waals surface area contributed by atoms with Gasteiger partial charge in [0.15, 0.2) is 0 Å². The quantitative estimate of drug-likeness (QED) is 0.648. The third-order valence-corrected chi connectivity index (χ3v) is 5.30. The maximum absolute atomic E-state index is 12.4. The molecule has 25 heavy (non-hydrogen) atoms. The molecule has 0 spiro atoms. The van der Waals surface area contributed by atoms with Crippen LogP contribution in [0.4, 0.5) is 10.5 Å². The monoisotopic (exact) mass is 412 g/mol. The SMILES string of the molecule is O=C1S/C(=C/c2ccc(Cl)cc2)C(=O)N1CNc1ccc(Cl)c(Cl)c1. The van der Waals surface area contributed by atoms with Crippen molar-refractivity contribution in [3.8, 4) is 0 Å². The van der Waals surface area contributed by atoms with Gasteiger partial charge in [0.05, 0.1) is 21.6 Å². The molecule has 8 heteroatoms. The molecule has 1 heterocycles. The molecule has 3 rings (SSSR count). The number of anilines is 1. The molecule has 0 unspecified atom stereocenters. The second kappa shape index (κ2) is 7.70. The lowest BCUT2D eigenvalue weighted by Gasteiger charge is -2.14. The van der Waals surface area contributed by atoms with Crippen LogP contribution in [0, 0.1) is 0 Å². The van der Waals surface area contributed by atoms with Crippen LogP contribution in [0.1, 0.15) is 5.56 Å². The van der Waals surface area contributed by atoms with Gasteiger partial charge in [0.2, 0.25) is 0 Å². The molecule has 0 radical (unpaired) electrons. The minimum Gasteiger partial charge on any atom is -0.367 e. The number of imide groups is 1. The van der Waals surface area contributed by atoms with Crippen LogP contribution in [0.25, 0.3) is 6.08 Å². The largest absolute Gasteiger partial charge is 0.367 e. The van der Waals surface area contributed by atoms with Crippen LogP contribution in [0.15, 0.2) is 47.4 Å². The van der Waals surface area contributed by atoms with E-state index in [1.165, 1.54) is 0 Å². The first-order chi connectivity index (χ1) is 11.9. The zero-order chi connectivity index (χ0) is 18.0. The third-order valence-electron chi connectivity index (χ3n) is 3.40. The number of amides is 2. The van der Waals surface area contributed by atoms with Crippen LogP contribution in [-0.4, -0.2) is 22.7 Å². The number of carbonyl (C=O) groups is 2. The van der Waals surface area contributed by atoms with E-state index in [9.17, 15) is 9.59 Å². The summed E-state index contributed by atoms with van der Waals surface area (Å²) in [5.74, 6) is -0.350. The highest BCUT2D eigenvalue weighted by Gasteiger charge is 2.34. The van der Waals surface area contributed by atoms with Gasteiger partial charge in [-0.1, -0.05) is 46.9 Å². The topological polar surface area (TPSA) is 49.4 Å². The molecular formula is C17H11Cl3N2O2S. The molecule has 1 fully saturated rings. The summed E-state index contributed by atoms with van der Waals surface area (Å²) < 4.78 is 0. The number of hydrogen-bond acceptors (Lipinski definition) is 4. The van der Waals surface area contributed by atoms with Crippen LogP contribution in [-0.2, 0) is 4.79 Å². The number of benzene rings is 2. The Labute approximate surface area is 163 Å². The average molecular weight is 414 g/mol. The van der Waals surface area contributed by atoms with Crippen molar-refractivity contribution < 1.29 is 9.59 Å². The van der Waals surface area contributed by atoms with Crippen molar-refractivity contribution in [3.63, 3.8) is 0 Å². The molecule has 0 atom stereocenters. The molecular weight excluding hydrogens is 403 g/mol. The maximum atomic E-state index is 12.4. The summed E-state index contributed by atoms with van der Waals surface area (Å²) in [6.07, 6.45) is 1.67. The third kappa shape index (κ3) is 4.30. The molecule has 128 valence electrons. The first-order valence-electron chi connectivity index (χ1n) is 7.14. The number of nitrogens with zero attached hydrogens (tertiary/aromatic N) is 1. The van der Waals surface area contributed by atoms with Gasteiger partial charge in [-0.05, 0) is 53.7 Å². The molecule has 0 saturated carbocycles. The van der Waals surface area contributed by atoms with Crippen molar-refractivity contribution in [1.29, 1.82) is 0 Å². The zero-order valence-corrected chi connectivity index (χ0v) is 15.7. The summed E-state index contributed by atoms with van der Waals surface area (Å²) >= 11 is 18.6. The second-order valence-electron chi connectivity index (χ2n) is 5.13. The Hall–Kier alpha value is -1.66. The van der Waals surface area contributed by atoms with E-state index >= 15 is 0 Å². The van der Waals surface area contributed by atoms with Crippen LogP contribution >= 0.6 is 46.6 Å². The smallest absolute Gasteiger partial charge is 0.295 e. The van der Waals surface area contributed by atoms with E-state index in [1.807, 2.05) is 0 Å². The summed E-state index contributed by atoms with van der Waals surface area (Å²) in [4.78, 5) is 26.0.